The third-order valence-electron chi connectivity index (χ3n) is 4.23. The highest BCUT2D eigenvalue weighted by molar-refractivity contribution is 5.84. The Morgan fingerprint density at radius 3 is 2.91 bits per heavy atom. The molecule has 0 aliphatic carbocycles. The van der Waals surface area contributed by atoms with Crippen LogP contribution in [0.2, 0.25) is 0 Å². The first-order chi connectivity index (χ1) is 11.2. The summed E-state index contributed by atoms with van der Waals surface area (Å²) < 4.78 is 1.84. The van der Waals surface area contributed by atoms with Crippen LogP contribution >= 0.6 is 0 Å². The number of aliphatic imine (C=N–C) groups is 1. The van der Waals surface area contributed by atoms with E-state index in [9.17, 15) is 0 Å². The number of benzene rings is 1. The molecule has 0 saturated heterocycles. The average molecular weight is 305 g/mol. The Kier molecular flexibility index (Phi) is 3.33. The van der Waals surface area contributed by atoms with Gasteiger partial charge < -0.3 is 4.90 Å². The minimum Gasteiger partial charge on any atom is -0.344 e. The third kappa shape index (κ3) is 2.48. The molecule has 23 heavy (non-hydrogen) atoms. The predicted octanol–water partition coefficient (Wildman–Crippen LogP) is 3.36. The van der Waals surface area contributed by atoms with Gasteiger partial charge in [0.05, 0.1) is 12.1 Å². The molecule has 0 spiro atoms. The van der Waals surface area contributed by atoms with Crippen molar-refractivity contribution in [3.05, 3.63) is 48.3 Å². The van der Waals surface area contributed by atoms with Gasteiger partial charge in [-0.1, -0.05) is 13.0 Å². The highest BCUT2D eigenvalue weighted by Gasteiger charge is 2.20. The summed E-state index contributed by atoms with van der Waals surface area (Å²) in [6, 6.07) is 10.4. The summed E-state index contributed by atoms with van der Waals surface area (Å²) in [5, 5.41) is 5.74. The summed E-state index contributed by atoms with van der Waals surface area (Å²) >= 11 is 0. The zero-order valence-electron chi connectivity index (χ0n) is 13.3. The van der Waals surface area contributed by atoms with Crippen molar-refractivity contribution in [2.75, 3.05) is 11.4 Å². The lowest BCUT2D eigenvalue weighted by Crippen LogP contribution is -2.29. The number of anilines is 1. The molecule has 0 saturated carbocycles. The van der Waals surface area contributed by atoms with E-state index in [1.54, 1.807) is 0 Å². The van der Waals surface area contributed by atoms with Crippen molar-refractivity contribution in [3.8, 4) is 5.82 Å². The molecular formula is C18H19N5. The Hall–Kier alpha value is -2.69. The summed E-state index contributed by atoms with van der Waals surface area (Å²) in [7, 11) is 0. The van der Waals surface area contributed by atoms with Gasteiger partial charge in [0.2, 0.25) is 0 Å². The maximum Gasteiger partial charge on any atom is 0.153 e. The molecule has 116 valence electrons. The van der Waals surface area contributed by atoms with Crippen LogP contribution in [0, 0.1) is 6.92 Å². The Morgan fingerprint density at radius 2 is 2.13 bits per heavy atom. The van der Waals surface area contributed by atoms with Crippen LogP contribution in [0.25, 0.3) is 16.7 Å². The molecule has 1 atom stereocenters. The van der Waals surface area contributed by atoms with Gasteiger partial charge in [0.1, 0.15) is 6.17 Å². The van der Waals surface area contributed by atoms with E-state index >= 15 is 0 Å². The molecule has 1 aliphatic rings. The predicted molar refractivity (Wildman–Crippen MR) is 93.5 cm³/mol. The van der Waals surface area contributed by atoms with E-state index in [0.29, 0.717) is 0 Å². The number of hydrogen-bond donors (Lipinski definition) is 0. The van der Waals surface area contributed by atoms with Crippen LogP contribution < -0.4 is 4.90 Å². The minimum atomic E-state index is 0.251. The van der Waals surface area contributed by atoms with E-state index in [4.69, 9.17) is 0 Å². The maximum absolute atomic E-state index is 4.62. The van der Waals surface area contributed by atoms with Gasteiger partial charge in [0, 0.05) is 29.7 Å². The molecule has 0 N–H and O–H groups in total. The van der Waals surface area contributed by atoms with Crippen LogP contribution in [0.3, 0.4) is 0 Å². The van der Waals surface area contributed by atoms with E-state index in [1.807, 2.05) is 42.3 Å². The molecule has 0 amide bonds. The van der Waals surface area contributed by atoms with Crippen LogP contribution in [0.4, 0.5) is 5.69 Å². The first-order valence-corrected chi connectivity index (χ1v) is 7.95. The number of nitrogens with zero attached hydrogens (tertiary/aromatic N) is 5. The second-order valence-electron chi connectivity index (χ2n) is 5.88. The number of pyridine rings is 1. The highest BCUT2D eigenvalue weighted by atomic mass is 15.3. The van der Waals surface area contributed by atoms with Gasteiger partial charge in [0.15, 0.2) is 5.82 Å². The SMILES string of the molecule is CCC1N=CCN1c1ccc2nn(-c3ccc(C)cn3)cc2c1. The highest BCUT2D eigenvalue weighted by Crippen LogP contribution is 2.26. The molecule has 2 aromatic heterocycles. The fourth-order valence-electron chi connectivity index (χ4n) is 2.97. The first-order valence-electron chi connectivity index (χ1n) is 7.95. The van der Waals surface area contributed by atoms with Crippen molar-refractivity contribution < 1.29 is 0 Å². The molecule has 0 fully saturated rings. The molecule has 0 radical (unpaired) electrons. The quantitative estimate of drug-likeness (QED) is 0.745. The standard InChI is InChI=1S/C18H19N5/c1-3-17-19-8-9-22(17)15-5-6-16-14(10-15)12-23(21-16)18-7-4-13(2)11-20-18/h4-8,10-12,17H,3,9H2,1-2H3. The Balaban J connectivity index is 1.71. The minimum absolute atomic E-state index is 0.251. The normalized spacial score (nSPS) is 17.3. The van der Waals surface area contributed by atoms with E-state index in [0.717, 1.165) is 35.2 Å². The Labute approximate surface area is 135 Å². The summed E-state index contributed by atoms with van der Waals surface area (Å²) in [6.45, 7) is 5.07. The number of fused-ring (bicyclic) bond motifs is 1. The zero-order chi connectivity index (χ0) is 15.8. The van der Waals surface area contributed by atoms with Gasteiger partial charge in [0.25, 0.3) is 0 Å². The monoisotopic (exact) mass is 305 g/mol. The molecule has 4 rings (SSSR count). The van der Waals surface area contributed by atoms with Gasteiger partial charge >= 0.3 is 0 Å². The summed E-state index contributed by atoms with van der Waals surface area (Å²) in [5.74, 6) is 0.837. The zero-order valence-corrected chi connectivity index (χ0v) is 13.3. The molecule has 1 unspecified atom stereocenters. The fourth-order valence-corrected chi connectivity index (χ4v) is 2.97. The van der Waals surface area contributed by atoms with E-state index < -0.39 is 0 Å². The van der Waals surface area contributed by atoms with Crippen molar-refractivity contribution >= 4 is 22.8 Å². The number of aromatic nitrogens is 3. The molecular weight excluding hydrogens is 286 g/mol. The van der Waals surface area contributed by atoms with Crippen molar-refractivity contribution in [2.24, 2.45) is 4.99 Å². The number of aryl methyl sites for hydroxylation is 1. The fraction of sp³-hybridized carbons (Fsp3) is 0.278. The summed E-state index contributed by atoms with van der Waals surface area (Å²) in [4.78, 5) is 11.3. The van der Waals surface area contributed by atoms with E-state index in [2.05, 4.69) is 45.1 Å². The van der Waals surface area contributed by atoms with Crippen molar-refractivity contribution in [2.45, 2.75) is 26.4 Å². The average Bonchev–Trinajstić information content (AvgIpc) is 3.21. The topological polar surface area (TPSA) is 46.3 Å². The van der Waals surface area contributed by atoms with Crippen LogP contribution in [0.1, 0.15) is 18.9 Å². The molecule has 1 aromatic carbocycles. The lowest BCUT2D eigenvalue weighted by Gasteiger charge is -2.24. The lowest BCUT2D eigenvalue weighted by molar-refractivity contribution is 0.656. The van der Waals surface area contributed by atoms with E-state index in [-0.39, 0.29) is 6.17 Å². The van der Waals surface area contributed by atoms with Crippen LogP contribution in [-0.4, -0.2) is 33.7 Å². The van der Waals surface area contributed by atoms with Gasteiger partial charge in [-0.15, -0.1) is 0 Å². The van der Waals surface area contributed by atoms with Gasteiger partial charge in [-0.05, 0) is 43.2 Å². The van der Waals surface area contributed by atoms with Gasteiger partial charge in [-0.2, -0.15) is 5.10 Å². The largest absolute Gasteiger partial charge is 0.344 e. The first kappa shape index (κ1) is 13.9. The Morgan fingerprint density at radius 1 is 1.22 bits per heavy atom. The van der Waals surface area contributed by atoms with Crippen LogP contribution in [0.15, 0.2) is 47.7 Å². The summed E-state index contributed by atoms with van der Waals surface area (Å²) in [5.41, 5.74) is 3.31. The van der Waals surface area contributed by atoms with Gasteiger partial charge in [-0.3, -0.25) is 4.99 Å². The second-order valence-corrected chi connectivity index (χ2v) is 5.88. The smallest absolute Gasteiger partial charge is 0.153 e. The maximum atomic E-state index is 4.62. The van der Waals surface area contributed by atoms with Crippen molar-refractivity contribution in [1.82, 2.24) is 14.8 Å². The Bertz CT molecular complexity index is 863. The molecule has 5 nitrogen and oxygen atoms in total. The molecule has 5 heteroatoms. The van der Waals surface area contributed by atoms with Crippen molar-refractivity contribution in [1.29, 1.82) is 0 Å². The number of rotatable bonds is 3. The summed E-state index contributed by atoms with van der Waals surface area (Å²) in [6.07, 6.45) is 7.16. The van der Waals surface area contributed by atoms with Gasteiger partial charge in [-0.25, -0.2) is 9.67 Å². The van der Waals surface area contributed by atoms with Crippen LogP contribution in [-0.2, 0) is 0 Å². The third-order valence-corrected chi connectivity index (χ3v) is 4.23. The molecule has 0 bridgehead atoms. The lowest BCUT2D eigenvalue weighted by atomic mass is 10.2. The molecule has 3 heterocycles. The second kappa shape index (κ2) is 5.50. The number of hydrogen-bond acceptors (Lipinski definition) is 4. The van der Waals surface area contributed by atoms with E-state index in [1.165, 1.54) is 5.69 Å². The van der Waals surface area contributed by atoms with Crippen molar-refractivity contribution in [3.63, 3.8) is 0 Å². The molecule has 1 aliphatic heterocycles. The molecule has 3 aromatic rings. The van der Waals surface area contributed by atoms with Crippen LogP contribution in [0.5, 0.6) is 0 Å².